The van der Waals surface area contributed by atoms with Gasteiger partial charge in [-0.1, -0.05) is 12.1 Å². The summed E-state index contributed by atoms with van der Waals surface area (Å²) >= 11 is 0. The van der Waals surface area contributed by atoms with E-state index >= 15 is 0 Å². The van der Waals surface area contributed by atoms with Crippen molar-refractivity contribution in [3.05, 3.63) is 66.6 Å². The zero-order valence-electron chi connectivity index (χ0n) is 15.3. The van der Waals surface area contributed by atoms with Gasteiger partial charge >= 0.3 is 0 Å². The first-order valence-electron chi connectivity index (χ1n) is 9.08. The number of H-pyrrole nitrogens is 1. The predicted molar refractivity (Wildman–Crippen MR) is 109 cm³/mol. The van der Waals surface area contributed by atoms with Crippen LogP contribution >= 0.6 is 0 Å². The Morgan fingerprint density at radius 1 is 1.00 bits per heavy atom. The van der Waals surface area contributed by atoms with Gasteiger partial charge in [-0.05, 0) is 35.9 Å². The molecule has 5 rings (SSSR count). The molecule has 0 unspecified atom stereocenters. The third-order valence-electron chi connectivity index (χ3n) is 4.59. The van der Waals surface area contributed by atoms with Crippen LogP contribution in [-0.4, -0.2) is 27.7 Å². The van der Waals surface area contributed by atoms with Crippen LogP contribution in [0.5, 0.6) is 11.5 Å². The van der Waals surface area contributed by atoms with Gasteiger partial charge < -0.3 is 25.1 Å². The van der Waals surface area contributed by atoms with Gasteiger partial charge in [-0.2, -0.15) is 0 Å². The number of amides is 1. The highest BCUT2D eigenvalue weighted by atomic mass is 16.7. The van der Waals surface area contributed by atoms with Crippen LogP contribution in [0.25, 0.3) is 11.0 Å². The molecule has 1 aliphatic heterocycles. The maximum atomic E-state index is 12.4. The number of hydrogen-bond acceptors (Lipinski definition) is 6. The largest absolute Gasteiger partial charge is 0.454 e. The second kappa shape index (κ2) is 7.16. The third-order valence-corrected chi connectivity index (χ3v) is 4.59. The van der Waals surface area contributed by atoms with E-state index in [2.05, 4.69) is 25.6 Å². The highest BCUT2D eigenvalue weighted by Crippen LogP contribution is 2.34. The van der Waals surface area contributed by atoms with Crippen LogP contribution in [0.1, 0.15) is 5.56 Å². The molecule has 29 heavy (non-hydrogen) atoms. The maximum Gasteiger partial charge on any atom is 0.231 e. The van der Waals surface area contributed by atoms with Gasteiger partial charge in [0.1, 0.15) is 17.8 Å². The summed E-state index contributed by atoms with van der Waals surface area (Å²) < 4.78 is 10.6. The Kier molecular flexibility index (Phi) is 4.21. The molecule has 0 saturated heterocycles. The standard InChI is InChI=1S/C21H17N5O3/c27-19(25-15-5-6-17-18(10-15)29-12-28-17)9-13-1-3-14(4-2-13)26-21-16-7-8-22-20(16)23-11-24-21/h1-8,10-11H,9,12H2,(H,25,27)(H2,22,23,24,26). The molecule has 2 aromatic carbocycles. The minimum Gasteiger partial charge on any atom is -0.454 e. The topological polar surface area (TPSA) is 101 Å². The van der Waals surface area contributed by atoms with E-state index in [9.17, 15) is 4.79 Å². The lowest BCUT2D eigenvalue weighted by molar-refractivity contribution is -0.115. The average Bonchev–Trinajstić information content (AvgIpc) is 3.38. The van der Waals surface area contributed by atoms with Crippen LogP contribution in [0.15, 0.2) is 61.1 Å². The summed E-state index contributed by atoms with van der Waals surface area (Å²) in [6.07, 6.45) is 3.60. The Labute approximate surface area is 165 Å². The second-order valence-electron chi connectivity index (χ2n) is 6.58. The number of anilines is 3. The van der Waals surface area contributed by atoms with Gasteiger partial charge in [0.2, 0.25) is 12.7 Å². The number of carbonyl (C=O) groups excluding carboxylic acids is 1. The average molecular weight is 387 g/mol. The van der Waals surface area contributed by atoms with Gasteiger partial charge in [-0.25, -0.2) is 9.97 Å². The molecule has 0 radical (unpaired) electrons. The minimum atomic E-state index is -0.102. The van der Waals surface area contributed by atoms with Crippen molar-refractivity contribution in [3.8, 4) is 11.5 Å². The van der Waals surface area contributed by atoms with Gasteiger partial charge in [0.25, 0.3) is 0 Å². The molecule has 0 bridgehead atoms. The van der Waals surface area contributed by atoms with Crippen molar-refractivity contribution in [1.29, 1.82) is 0 Å². The van der Waals surface area contributed by atoms with Gasteiger partial charge in [0, 0.05) is 23.6 Å². The SMILES string of the molecule is O=C(Cc1ccc(Nc2ncnc3[nH]ccc23)cc1)Nc1ccc2c(c1)OCO2. The summed E-state index contributed by atoms with van der Waals surface area (Å²) in [6.45, 7) is 0.206. The lowest BCUT2D eigenvalue weighted by atomic mass is 10.1. The summed E-state index contributed by atoms with van der Waals surface area (Å²) in [5, 5.41) is 7.08. The van der Waals surface area contributed by atoms with Crippen LogP contribution < -0.4 is 20.1 Å². The van der Waals surface area contributed by atoms with E-state index in [1.54, 1.807) is 18.2 Å². The third kappa shape index (κ3) is 3.55. The molecule has 3 N–H and O–H groups in total. The zero-order chi connectivity index (χ0) is 19.6. The van der Waals surface area contributed by atoms with Crippen molar-refractivity contribution < 1.29 is 14.3 Å². The number of ether oxygens (including phenoxy) is 2. The van der Waals surface area contributed by atoms with E-state index < -0.39 is 0 Å². The van der Waals surface area contributed by atoms with Crippen LogP contribution in [0.3, 0.4) is 0 Å². The molecular formula is C21H17N5O3. The van der Waals surface area contributed by atoms with Crippen molar-refractivity contribution in [2.75, 3.05) is 17.4 Å². The number of benzene rings is 2. The molecule has 3 heterocycles. The molecule has 0 atom stereocenters. The van der Waals surface area contributed by atoms with Gasteiger partial charge in [-0.15, -0.1) is 0 Å². The van der Waals surface area contributed by atoms with Crippen molar-refractivity contribution in [3.63, 3.8) is 0 Å². The van der Waals surface area contributed by atoms with E-state index in [1.165, 1.54) is 6.33 Å². The normalized spacial score (nSPS) is 12.1. The van der Waals surface area contributed by atoms with Gasteiger partial charge in [0.15, 0.2) is 11.5 Å². The summed E-state index contributed by atoms with van der Waals surface area (Å²) in [4.78, 5) is 23.9. The van der Waals surface area contributed by atoms with E-state index in [4.69, 9.17) is 9.47 Å². The first kappa shape index (κ1) is 17.1. The zero-order valence-corrected chi connectivity index (χ0v) is 15.3. The fourth-order valence-corrected chi connectivity index (χ4v) is 3.18. The molecule has 8 nitrogen and oxygen atoms in total. The fourth-order valence-electron chi connectivity index (χ4n) is 3.18. The number of hydrogen-bond donors (Lipinski definition) is 3. The molecular weight excluding hydrogens is 370 g/mol. The smallest absolute Gasteiger partial charge is 0.231 e. The molecule has 0 spiro atoms. The molecule has 2 aromatic heterocycles. The van der Waals surface area contributed by atoms with Crippen molar-refractivity contribution in [2.45, 2.75) is 6.42 Å². The van der Waals surface area contributed by atoms with E-state index in [0.717, 1.165) is 28.1 Å². The van der Waals surface area contributed by atoms with Crippen molar-refractivity contribution >= 4 is 34.1 Å². The predicted octanol–water partition coefficient (Wildman–Crippen LogP) is 3.61. The number of rotatable bonds is 5. The van der Waals surface area contributed by atoms with Crippen molar-refractivity contribution in [1.82, 2.24) is 15.0 Å². The number of aromatic amines is 1. The molecule has 0 aliphatic carbocycles. The van der Waals surface area contributed by atoms with Crippen LogP contribution in [-0.2, 0) is 11.2 Å². The molecule has 144 valence electrons. The lowest BCUT2D eigenvalue weighted by Crippen LogP contribution is -2.14. The highest BCUT2D eigenvalue weighted by molar-refractivity contribution is 5.93. The first-order chi connectivity index (χ1) is 14.2. The summed E-state index contributed by atoms with van der Waals surface area (Å²) in [5.74, 6) is 1.95. The highest BCUT2D eigenvalue weighted by Gasteiger charge is 2.14. The quantitative estimate of drug-likeness (QED) is 0.484. The van der Waals surface area contributed by atoms with E-state index in [-0.39, 0.29) is 19.1 Å². The van der Waals surface area contributed by atoms with Crippen molar-refractivity contribution in [2.24, 2.45) is 0 Å². The molecule has 4 aromatic rings. The van der Waals surface area contributed by atoms with Gasteiger partial charge in [-0.3, -0.25) is 4.79 Å². The minimum absolute atomic E-state index is 0.102. The maximum absolute atomic E-state index is 12.4. The first-order valence-corrected chi connectivity index (χ1v) is 9.08. The van der Waals surface area contributed by atoms with E-state index in [0.29, 0.717) is 17.2 Å². The van der Waals surface area contributed by atoms with Crippen LogP contribution in [0.2, 0.25) is 0 Å². The number of fused-ring (bicyclic) bond motifs is 2. The Morgan fingerprint density at radius 3 is 2.72 bits per heavy atom. The Balaban J connectivity index is 1.23. The lowest BCUT2D eigenvalue weighted by Gasteiger charge is -2.09. The number of nitrogens with zero attached hydrogens (tertiary/aromatic N) is 2. The Bertz CT molecular complexity index is 1190. The van der Waals surface area contributed by atoms with Gasteiger partial charge in [0.05, 0.1) is 11.8 Å². The molecule has 8 heteroatoms. The monoisotopic (exact) mass is 387 g/mol. The number of carbonyl (C=O) groups is 1. The molecule has 0 saturated carbocycles. The van der Waals surface area contributed by atoms with E-state index in [1.807, 2.05) is 36.5 Å². The summed E-state index contributed by atoms with van der Waals surface area (Å²) in [6, 6.07) is 14.9. The molecule has 1 amide bonds. The molecule has 1 aliphatic rings. The van der Waals surface area contributed by atoms with Crippen LogP contribution in [0.4, 0.5) is 17.2 Å². The Morgan fingerprint density at radius 2 is 1.83 bits per heavy atom. The Hall–Kier alpha value is -4.07. The number of aromatic nitrogens is 3. The summed E-state index contributed by atoms with van der Waals surface area (Å²) in [7, 11) is 0. The molecule has 0 fully saturated rings. The second-order valence-corrected chi connectivity index (χ2v) is 6.58. The summed E-state index contributed by atoms with van der Waals surface area (Å²) in [5.41, 5.74) is 3.24. The van der Waals surface area contributed by atoms with Crippen LogP contribution in [0, 0.1) is 0 Å². The number of nitrogens with one attached hydrogen (secondary N) is 3. The fraction of sp³-hybridized carbons (Fsp3) is 0.0952.